The number of benzene rings is 1. The number of hydrogen-bond acceptors (Lipinski definition) is 6. The van der Waals surface area contributed by atoms with Gasteiger partial charge in [-0.3, -0.25) is 9.69 Å². The number of likely N-dealkylation sites (tertiary alicyclic amines) is 1. The molecule has 1 fully saturated rings. The van der Waals surface area contributed by atoms with Gasteiger partial charge in [0.1, 0.15) is 5.76 Å². The number of carbonyl (C=O) groups is 1. The third-order valence-corrected chi connectivity index (χ3v) is 5.10. The summed E-state index contributed by atoms with van der Waals surface area (Å²) in [6, 6.07) is 13.3. The molecule has 1 atom stereocenters. The highest BCUT2D eigenvalue weighted by atomic mass is 16.5. The van der Waals surface area contributed by atoms with Crippen molar-refractivity contribution in [1.82, 2.24) is 20.4 Å². The molecule has 1 aliphatic rings. The molecule has 0 saturated carbocycles. The summed E-state index contributed by atoms with van der Waals surface area (Å²) in [4.78, 5) is 19.1. The first-order valence-electron chi connectivity index (χ1n) is 9.71. The average Bonchev–Trinajstić information content (AvgIpc) is 3.43. The fourth-order valence-electron chi connectivity index (χ4n) is 3.46. The molecule has 1 N–H and O–H groups in total. The number of rotatable bonds is 6. The summed E-state index contributed by atoms with van der Waals surface area (Å²) in [5, 5.41) is 6.70. The van der Waals surface area contributed by atoms with Gasteiger partial charge < -0.3 is 14.3 Å². The van der Waals surface area contributed by atoms with Crippen LogP contribution in [0.4, 0.5) is 0 Å². The van der Waals surface area contributed by atoms with Gasteiger partial charge in [-0.05, 0) is 57.1 Å². The van der Waals surface area contributed by atoms with Crippen LogP contribution in [0, 0.1) is 0 Å². The van der Waals surface area contributed by atoms with Crippen LogP contribution in [0.15, 0.2) is 51.4 Å². The molecule has 1 aliphatic heterocycles. The zero-order valence-corrected chi connectivity index (χ0v) is 15.9. The molecular weight excluding hydrogens is 356 g/mol. The second-order valence-electron chi connectivity index (χ2n) is 7.04. The van der Waals surface area contributed by atoms with Gasteiger partial charge >= 0.3 is 0 Å². The molecule has 1 aromatic carbocycles. The molecule has 2 aromatic heterocycles. The SMILES string of the molecule is C[C@@H](c1ccc(C(=O)NCc2noc(-c3ccccc3)n2)o1)N1CCCCC1. The van der Waals surface area contributed by atoms with Gasteiger partial charge in [0, 0.05) is 5.56 Å². The molecule has 0 radical (unpaired) electrons. The smallest absolute Gasteiger partial charge is 0.287 e. The number of amides is 1. The molecule has 0 bridgehead atoms. The molecule has 0 aliphatic carbocycles. The van der Waals surface area contributed by atoms with Crippen LogP contribution >= 0.6 is 0 Å². The summed E-state index contributed by atoms with van der Waals surface area (Å²) in [5.74, 6) is 1.67. The molecule has 7 heteroatoms. The van der Waals surface area contributed by atoms with Crippen molar-refractivity contribution in [3.8, 4) is 11.5 Å². The summed E-state index contributed by atoms with van der Waals surface area (Å²) in [7, 11) is 0. The molecule has 3 heterocycles. The van der Waals surface area contributed by atoms with Crippen molar-refractivity contribution in [1.29, 1.82) is 0 Å². The van der Waals surface area contributed by atoms with E-state index in [1.54, 1.807) is 6.07 Å². The number of hydrogen-bond donors (Lipinski definition) is 1. The van der Waals surface area contributed by atoms with Crippen molar-refractivity contribution >= 4 is 5.91 Å². The van der Waals surface area contributed by atoms with Crippen molar-refractivity contribution in [2.75, 3.05) is 13.1 Å². The van der Waals surface area contributed by atoms with E-state index in [1.807, 2.05) is 36.4 Å². The molecule has 0 spiro atoms. The number of aromatic nitrogens is 2. The second kappa shape index (κ2) is 8.39. The first kappa shape index (κ1) is 18.4. The van der Waals surface area contributed by atoms with Gasteiger partial charge in [-0.25, -0.2) is 0 Å². The van der Waals surface area contributed by atoms with Crippen LogP contribution in [0.5, 0.6) is 0 Å². The van der Waals surface area contributed by atoms with Crippen LogP contribution in [0.25, 0.3) is 11.5 Å². The summed E-state index contributed by atoms with van der Waals surface area (Å²) in [6.07, 6.45) is 3.72. The van der Waals surface area contributed by atoms with E-state index >= 15 is 0 Å². The maximum atomic E-state index is 12.4. The van der Waals surface area contributed by atoms with Crippen molar-refractivity contribution < 1.29 is 13.7 Å². The van der Waals surface area contributed by atoms with E-state index in [9.17, 15) is 4.79 Å². The van der Waals surface area contributed by atoms with Crippen molar-refractivity contribution in [2.45, 2.75) is 38.8 Å². The van der Waals surface area contributed by atoms with E-state index in [2.05, 4.69) is 27.3 Å². The second-order valence-corrected chi connectivity index (χ2v) is 7.04. The largest absolute Gasteiger partial charge is 0.454 e. The van der Waals surface area contributed by atoms with Crippen LogP contribution in [0.3, 0.4) is 0 Å². The molecule has 3 aromatic rings. The van der Waals surface area contributed by atoms with Gasteiger partial charge in [0.25, 0.3) is 11.8 Å². The number of piperidine rings is 1. The highest BCUT2D eigenvalue weighted by Gasteiger charge is 2.22. The van der Waals surface area contributed by atoms with Crippen LogP contribution in [0.2, 0.25) is 0 Å². The van der Waals surface area contributed by atoms with E-state index in [-0.39, 0.29) is 18.5 Å². The quantitative estimate of drug-likeness (QED) is 0.700. The Bertz CT molecular complexity index is 913. The normalized spacial score (nSPS) is 16.0. The highest BCUT2D eigenvalue weighted by Crippen LogP contribution is 2.25. The Kier molecular flexibility index (Phi) is 5.53. The average molecular weight is 380 g/mol. The van der Waals surface area contributed by atoms with E-state index < -0.39 is 0 Å². The van der Waals surface area contributed by atoms with Crippen LogP contribution in [0.1, 0.15) is 54.4 Å². The van der Waals surface area contributed by atoms with Gasteiger partial charge in [0.2, 0.25) is 0 Å². The summed E-state index contributed by atoms with van der Waals surface area (Å²) in [6.45, 7) is 4.44. The highest BCUT2D eigenvalue weighted by molar-refractivity contribution is 5.91. The van der Waals surface area contributed by atoms with Crippen molar-refractivity contribution in [3.05, 3.63) is 59.8 Å². The van der Waals surface area contributed by atoms with E-state index in [0.717, 1.165) is 24.4 Å². The van der Waals surface area contributed by atoms with Crippen molar-refractivity contribution in [3.63, 3.8) is 0 Å². The lowest BCUT2D eigenvalue weighted by atomic mass is 10.1. The lowest BCUT2D eigenvalue weighted by Gasteiger charge is -2.31. The van der Waals surface area contributed by atoms with Crippen LogP contribution < -0.4 is 5.32 Å². The molecule has 28 heavy (non-hydrogen) atoms. The van der Waals surface area contributed by atoms with Gasteiger partial charge in [-0.2, -0.15) is 4.98 Å². The molecule has 0 unspecified atom stereocenters. The minimum Gasteiger partial charge on any atom is -0.454 e. The standard InChI is InChI=1S/C21H24N4O3/c1-15(25-12-6-3-7-13-25)17-10-11-18(27-17)20(26)22-14-19-23-21(28-24-19)16-8-4-2-5-9-16/h2,4-5,8-11,15H,3,6-7,12-14H2,1H3,(H,22,26)/t15-/m0/s1. The first-order chi connectivity index (χ1) is 13.7. The molecule has 1 saturated heterocycles. The zero-order chi connectivity index (χ0) is 19.3. The molecular formula is C21H24N4O3. The lowest BCUT2D eigenvalue weighted by Crippen LogP contribution is -2.32. The molecule has 4 rings (SSSR count). The number of furan rings is 1. The maximum Gasteiger partial charge on any atom is 0.287 e. The monoisotopic (exact) mass is 380 g/mol. The number of nitrogens with zero attached hydrogens (tertiary/aromatic N) is 3. The predicted molar refractivity (Wildman–Crippen MR) is 103 cm³/mol. The summed E-state index contributed by atoms with van der Waals surface area (Å²) < 4.78 is 11.1. The first-order valence-corrected chi connectivity index (χ1v) is 9.71. The number of carbonyl (C=O) groups excluding carboxylic acids is 1. The number of nitrogens with one attached hydrogen (secondary N) is 1. The van der Waals surface area contributed by atoms with Crippen molar-refractivity contribution in [2.24, 2.45) is 0 Å². The van der Waals surface area contributed by atoms with E-state index in [0.29, 0.717) is 17.5 Å². The topological polar surface area (TPSA) is 84.4 Å². The maximum absolute atomic E-state index is 12.4. The van der Waals surface area contributed by atoms with Gasteiger partial charge in [-0.15, -0.1) is 0 Å². The summed E-state index contributed by atoms with van der Waals surface area (Å²) >= 11 is 0. The minimum absolute atomic E-state index is 0.173. The molecule has 1 amide bonds. The fourth-order valence-corrected chi connectivity index (χ4v) is 3.46. The molecule has 7 nitrogen and oxygen atoms in total. The van der Waals surface area contributed by atoms with Gasteiger partial charge in [0.05, 0.1) is 12.6 Å². The fraction of sp³-hybridized carbons (Fsp3) is 0.381. The zero-order valence-electron chi connectivity index (χ0n) is 15.9. The summed E-state index contributed by atoms with van der Waals surface area (Å²) in [5.41, 5.74) is 0.843. The Balaban J connectivity index is 1.34. The minimum atomic E-state index is -0.289. The third-order valence-electron chi connectivity index (χ3n) is 5.10. The lowest BCUT2D eigenvalue weighted by molar-refractivity contribution is 0.0912. The van der Waals surface area contributed by atoms with Gasteiger partial charge in [0.15, 0.2) is 11.6 Å². The van der Waals surface area contributed by atoms with Crippen LogP contribution in [-0.4, -0.2) is 34.0 Å². The Morgan fingerprint density at radius 1 is 1.14 bits per heavy atom. The predicted octanol–water partition coefficient (Wildman–Crippen LogP) is 3.81. The van der Waals surface area contributed by atoms with E-state index in [4.69, 9.17) is 8.94 Å². The Morgan fingerprint density at radius 2 is 1.93 bits per heavy atom. The Hall–Kier alpha value is -2.93. The third kappa shape index (κ3) is 4.14. The van der Waals surface area contributed by atoms with Gasteiger partial charge in [-0.1, -0.05) is 29.8 Å². The van der Waals surface area contributed by atoms with Crippen LogP contribution in [-0.2, 0) is 6.54 Å². The Labute approximate surface area is 163 Å². The Morgan fingerprint density at radius 3 is 2.71 bits per heavy atom. The molecule has 146 valence electrons. The van der Waals surface area contributed by atoms with E-state index in [1.165, 1.54) is 19.3 Å².